The number of hydrogen-bond donors (Lipinski definition) is 0. The molecule has 230 valence electrons. The van der Waals surface area contributed by atoms with E-state index >= 15 is 0 Å². The third-order valence-electron chi connectivity index (χ3n) is 9.28. The molecule has 4 aromatic carbocycles. The number of anilines is 2. The topological polar surface area (TPSA) is 81.2 Å². The second-order valence-electron chi connectivity index (χ2n) is 11.7. The van der Waals surface area contributed by atoms with E-state index in [2.05, 4.69) is 0 Å². The Morgan fingerprint density at radius 2 is 0.783 bits per heavy atom. The first-order valence-corrected chi connectivity index (χ1v) is 14.5. The standard InChI is InChI=1S/C34H22F4N4O4/c35-19-11-7-17(8-12-19)27-25-29(33(45)39(31(25)43)23-5-1-3-21(37)15-23)41-28(18-9-13-20(36)14-10-18)26-30(42(27)41)34(46)40(32(26)44)24-6-2-4-22(38)16-24/h1-16,25-30H/t25-,26-,27+,28+,29-,30+/m0/s1. The summed E-state index contributed by atoms with van der Waals surface area (Å²) in [5, 5.41) is 3.08. The van der Waals surface area contributed by atoms with Crippen LogP contribution < -0.4 is 9.80 Å². The molecule has 4 heterocycles. The highest BCUT2D eigenvalue weighted by Crippen LogP contribution is 2.59. The van der Waals surface area contributed by atoms with Crippen LogP contribution in [0.3, 0.4) is 0 Å². The minimum atomic E-state index is -1.25. The van der Waals surface area contributed by atoms with Crippen molar-refractivity contribution < 1.29 is 36.7 Å². The van der Waals surface area contributed by atoms with Crippen LogP contribution in [0.15, 0.2) is 97.1 Å². The van der Waals surface area contributed by atoms with E-state index < -0.39 is 82.9 Å². The summed E-state index contributed by atoms with van der Waals surface area (Å²) in [6.45, 7) is 0. The summed E-state index contributed by atoms with van der Waals surface area (Å²) in [6.07, 6.45) is 0. The highest BCUT2D eigenvalue weighted by Gasteiger charge is 2.73. The van der Waals surface area contributed by atoms with E-state index in [1.165, 1.54) is 84.9 Å². The molecule has 8 rings (SSSR count). The van der Waals surface area contributed by atoms with Crippen LogP contribution in [0, 0.1) is 35.1 Å². The van der Waals surface area contributed by atoms with E-state index in [4.69, 9.17) is 0 Å². The Morgan fingerprint density at radius 1 is 0.413 bits per heavy atom. The lowest BCUT2D eigenvalue weighted by Crippen LogP contribution is -2.50. The van der Waals surface area contributed by atoms with Crippen molar-refractivity contribution in [3.63, 3.8) is 0 Å². The first-order chi connectivity index (χ1) is 22.2. The summed E-state index contributed by atoms with van der Waals surface area (Å²) < 4.78 is 56.8. The Kier molecular flexibility index (Phi) is 6.25. The van der Waals surface area contributed by atoms with Gasteiger partial charge in [-0.25, -0.2) is 37.4 Å². The van der Waals surface area contributed by atoms with Crippen LogP contribution in [0.25, 0.3) is 0 Å². The van der Waals surface area contributed by atoms with Crippen molar-refractivity contribution in [2.45, 2.75) is 24.2 Å². The number of amides is 4. The number of hydrazine groups is 1. The molecule has 0 aliphatic carbocycles. The first-order valence-electron chi connectivity index (χ1n) is 14.5. The van der Waals surface area contributed by atoms with Crippen LogP contribution in [0.5, 0.6) is 0 Å². The van der Waals surface area contributed by atoms with Gasteiger partial charge in [0.2, 0.25) is 11.8 Å². The predicted octanol–water partition coefficient (Wildman–Crippen LogP) is 4.69. The van der Waals surface area contributed by atoms with Gasteiger partial charge in [0.1, 0.15) is 35.4 Å². The first kappa shape index (κ1) is 28.3. The minimum Gasteiger partial charge on any atom is -0.274 e. The van der Waals surface area contributed by atoms with Gasteiger partial charge < -0.3 is 0 Å². The molecule has 0 unspecified atom stereocenters. The smallest absolute Gasteiger partial charge is 0.253 e. The molecule has 0 aromatic heterocycles. The van der Waals surface area contributed by atoms with Gasteiger partial charge in [0, 0.05) is 0 Å². The third-order valence-corrected chi connectivity index (χ3v) is 9.28. The Balaban J connectivity index is 1.33. The molecule has 46 heavy (non-hydrogen) atoms. The van der Waals surface area contributed by atoms with Crippen molar-refractivity contribution in [2.24, 2.45) is 11.8 Å². The van der Waals surface area contributed by atoms with Gasteiger partial charge in [-0.2, -0.15) is 0 Å². The van der Waals surface area contributed by atoms with Crippen LogP contribution in [0.2, 0.25) is 0 Å². The Morgan fingerprint density at radius 3 is 1.13 bits per heavy atom. The Labute approximate surface area is 259 Å². The molecular formula is C34H22F4N4O4. The molecule has 4 saturated heterocycles. The fraction of sp³-hybridized carbons (Fsp3) is 0.176. The van der Waals surface area contributed by atoms with E-state index in [0.29, 0.717) is 11.1 Å². The van der Waals surface area contributed by atoms with E-state index in [1.807, 2.05) is 0 Å². The number of fused-ring (bicyclic) bond motifs is 5. The third kappa shape index (κ3) is 3.93. The van der Waals surface area contributed by atoms with Gasteiger partial charge in [-0.1, -0.05) is 36.4 Å². The highest BCUT2D eigenvalue weighted by molar-refractivity contribution is 6.26. The molecule has 4 amide bonds. The maximum Gasteiger partial charge on any atom is 0.253 e. The number of rotatable bonds is 4. The van der Waals surface area contributed by atoms with E-state index in [9.17, 15) is 36.7 Å². The molecule has 0 bridgehead atoms. The molecular weight excluding hydrogens is 604 g/mol. The van der Waals surface area contributed by atoms with E-state index in [0.717, 1.165) is 21.9 Å². The lowest BCUT2D eigenvalue weighted by molar-refractivity contribution is -0.136. The fourth-order valence-electron chi connectivity index (χ4n) is 7.56. The minimum absolute atomic E-state index is 0.0101. The summed E-state index contributed by atoms with van der Waals surface area (Å²) in [7, 11) is 0. The Hall–Kier alpha value is -5.20. The lowest BCUT2D eigenvalue weighted by atomic mass is 9.84. The summed E-state index contributed by atoms with van der Waals surface area (Å²) >= 11 is 0. The monoisotopic (exact) mass is 626 g/mol. The lowest BCUT2D eigenvalue weighted by Gasteiger charge is -2.35. The summed E-state index contributed by atoms with van der Waals surface area (Å²) in [5.41, 5.74) is 0.806. The number of nitrogens with zero attached hydrogens (tertiary/aromatic N) is 4. The zero-order valence-corrected chi connectivity index (χ0v) is 23.6. The number of imide groups is 2. The molecule has 0 N–H and O–H groups in total. The second kappa shape index (κ2) is 10.2. The molecule has 12 heteroatoms. The predicted molar refractivity (Wildman–Crippen MR) is 154 cm³/mol. The summed E-state index contributed by atoms with van der Waals surface area (Å²) in [4.78, 5) is 58.9. The number of benzene rings is 4. The number of halogens is 4. The van der Waals surface area contributed by atoms with Gasteiger partial charge in [0.15, 0.2) is 0 Å². The molecule has 8 nitrogen and oxygen atoms in total. The summed E-state index contributed by atoms with van der Waals surface area (Å²) in [5.74, 6) is -7.51. The SMILES string of the molecule is O=C1[C@@H]2[C@@H](C(=O)N1c1cccc(F)c1)N1[C@H](c3ccc(F)cc3)[C@@H]3C(=O)N(c4cccc(F)c4)C(=O)[C@@H]3N1[C@@H]2c1ccc(F)cc1. The molecule has 6 atom stereocenters. The van der Waals surface area contributed by atoms with Crippen LogP contribution in [0.1, 0.15) is 23.2 Å². The number of hydrogen-bond acceptors (Lipinski definition) is 6. The van der Waals surface area contributed by atoms with Crippen molar-refractivity contribution in [1.29, 1.82) is 0 Å². The largest absolute Gasteiger partial charge is 0.274 e. The van der Waals surface area contributed by atoms with Gasteiger partial charge in [-0.05, 0) is 71.8 Å². The average Bonchev–Trinajstić information content (AvgIpc) is 3.69. The van der Waals surface area contributed by atoms with Crippen LogP contribution in [-0.2, 0) is 19.2 Å². The quantitative estimate of drug-likeness (QED) is 0.242. The van der Waals surface area contributed by atoms with Crippen molar-refractivity contribution in [2.75, 3.05) is 9.80 Å². The zero-order chi connectivity index (χ0) is 32.0. The number of carbonyl (C=O) groups is 4. The highest BCUT2D eigenvalue weighted by atomic mass is 19.1. The van der Waals surface area contributed by atoms with Crippen molar-refractivity contribution in [3.05, 3.63) is 131 Å². The molecule has 0 spiro atoms. The zero-order valence-electron chi connectivity index (χ0n) is 23.6. The van der Waals surface area contributed by atoms with Gasteiger partial charge in [-0.15, -0.1) is 0 Å². The molecule has 4 aromatic rings. The molecule has 4 aliphatic heterocycles. The fourth-order valence-corrected chi connectivity index (χ4v) is 7.56. The van der Waals surface area contributed by atoms with Crippen LogP contribution >= 0.6 is 0 Å². The maximum absolute atomic E-state index is 14.3. The average molecular weight is 627 g/mol. The molecule has 4 aliphatic rings. The molecule has 0 radical (unpaired) electrons. The van der Waals surface area contributed by atoms with Crippen LogP contribution in [-0.4, -0.2) is 45.7 Å². The van der Waals surface area contributed by atoms with Crippen molar-refractivity contribution >= 4 is 35.0 Å². The van der Waals surface area contributed by atoms with E-state index in [1.54, 1.807) is 10.0 Å². The van der Waals surface area contributed by atoms with Crippen LogP contribution in [0.4, 0.5) is 28.9 Å². The van der Waals surface area contributed by atoms with Crippen molar-refractivity contribution in [3.8, 4) is 0 Å². The molecule has 4 fully saturated rings. The Bertz CT molecular complexity index is 1810. The van der Waals surface area contributed by atoms with Gasteiger partial charge in [0.05, 0.1) is 35.3 Å². The normalized spacial score (nSPS) is 27.5. The van der Waals surface area contributed by atoms with Gasteiger partial charge in [-0.3, -0.25) is 19.2 Å². The molecule has 0 saturated carbocycles. The summed E-state index contributed by atoms with van der Waals surface area (Å²) in [6, 6.07) is 15.9. The maximum atomic E-state index is 14.3. The van der Waals surface area contributed by atoms with Gasteiger partial charge in [0.25, 0.3) is 11.8 Å². The number of carbonyl (C=O) groups excluding carboxylic acids is 4. The van der Waals surface area contributed by atoms with Crippen molar-refractivity contribution in [1.82, 2.24) is 10.0 Å². The van der Waals surface area contributed by atoms with Gasteiger partial charge >= 0.3 is 0 Å². The second-order valence-corrected chi connectivity index (χ2v) is 11.7. The van der Waals surface area contributed by atoms with E-state index in [-0.39, 0.29) is 11.4 Å².